The average molecular weight is 416 g/mol. The van der Waals surface area contributed by atoms with E-state index < -0.39 is 0 Å². The van der Waals surface area contributed by atoms with E-state index in [2.05, 4.69) is 10.1 Å². The van der Waals surface area contributed by atoms with Gasteiger partial charge in [-0.25, -0.2) is 14.5 Å². The Bertz CT molecular complexity index is 1020. The first-order valence-electron chi connectivity index (χ1n) is 10.0. The monoisotopic (exact) mass is 416 g/mol. The summed E-state index contributed by atoms with van der Waals surface area (Å²) < 4.78 is 7.98. The Morgan fingerprint density at radius 2 is 1.70 bits per heavy atom. The van der Waals surface area contributed by atoms with Crippen molar-refractivity contribution in [1.82, 2.24) is 29.1 Å². The molecule has 2 aromatic rings. The Kier molecular flexibility index (Phi) is 6.23. The SMILES string of the molecule is CCOC(=O)N1CCN(C(=O)Cn2c(-n3nc(C)cc3C)nc(C)c(C)c2=O)CC1. The minimum absolute atomic E-state index is 0.139. The number of amides is 2. The summed E-state index contributed by atoms with van der Waals surface area (Å²) in [6.07, 6.45) is -0.369. The molecule has 3 heterocycles. The highest BCUT2D eigenvalue weighted by Gasteiger charge is 2.26. The van der Waals surface area contributed by atoms with Crippen LogP contribution < -0.4 is 5.56 Å². The second-order valence-electron chi connectivity index (χ2n) is 7.42. The van der Waals surface area contributed by atoms with Crippen LogP contribution in [0.5, 0.6) is 0 Å². The molecule has 0 saturated carbocycles. The molecule has 10 nitrogen and oxygen atoms in total. The molecule has 1 fully saturated rings. The van der Waals surface area contributed by atoms with E-state index >= 15 is 0 Å². The Labute approximate surface area is 175 Å². The highest BCUT2D eigenvalue weighted by atomic mass is 16.6. The molecular formula is C20H28N6O4. The predicted octanol–water partition coefficient (Wildman–Crippen LogP) is 0.963. The van der Waals surface area contributed by atoms with E-state index in [-0.39, 0.29) is 24.1 Å². The molecular weight excluding hydrogens is 388 g/mol. The van der Waals surface area contributed by atoms with Gasteiger partial charge in [-0.3, -0.25) is 14.2 Å². The molecule has 1 saturated heterocycles. The maximum atomic E-state index is 13.0. The number of aryl methyl sites for hydroxylation is 3. The number of carbonyl (C=O) groups excluding carboxylic acids is 2. The van der Waals surface area contributed by atoms with Crippen LogP contribution in [0.4, 0.5) is 4.79 Å². The molecule has 0 N–H and O–H groups in total. The highest BCUT2D eigenvalue weighted by Crippen LogP contribution is 2.12. The van der Waals surface area contributed by atoms with Gasteiger partial charge in [0.1, 0.15) is 6.54 Å². The molecule has 0 aliphatic carbocycles. The zero-order chi connectivity index (χ0) is 22.0. The molecule has 3 rings (SSSR count). The molecule has 2 amide bonds. The fraction of sp³-hybridized carbons (Fsp3) is 0.550. The largest absolute Gasteiger partial charge is 0.450 e. The molecule has 10 heteroatoms. The Hall–Kier alpha value is -3.17. The third kappa shape index (κ3) is 4.22. The minimum atomic E-state index is -0.369. The van der Waals surface area contributed by atoms with E-state index in [9.17, 15) is 14.4 Å². The standard InChI is InChI=1S/C20H28N6O4/c1-6-30-20(29)24-9-7-23(8-10-24)17(27)12-25-18(28)15(4)16(5)21-19(25)26-14(3)11-13(2)22-26/h11H,6-10,12H2,1-5H3. The van der Waals surface area contributed by atoms with Crippen molar-refractivity contribution in [3.63, 3.8) is 0 Å². The zero-order valence-electron chi connectivity index (χ0n) is 18.1. The van der Waals surface area contributed by atoms with Crippen molar-refractivity contribution in [2.24, 2.45) is 0 Å². The lowest BCUT2D eigenvalue weighted by Gasteiger charge is -2.34. The normalized spacial score (nSPS) is 14.2. The van der Waals surface area contributed by atoms with E-state index in [1.165, 1.54) is 4.57 Å². The molecule has 0 bridgehead atoms. The second kappa shape index (κ2) is 8.68. The van der Waals surface area contributed by atoms with Crippen LogP contribution >= 0.6 is 0 Å². The summed E-state index contributed by atoms with van der Waals surface area (Å²) in [7, 11) is 0. The molecule has 2 aromatic heterocycles. The summed E-state index contributed by atoms with van der Waals surface area (Å²) in [4.78, 5) is 45.6. The van der Waals surface area contributed by atoms with Gasteiger partial charge < -0.3 is 14.5 Å². The van der Waals surface area contributed by atoms with E-state index in [4.69, 9.17) is 4.74 Å². The summed E-state index contributed by atoms with van der Waals surface area (Å²) >= 11 is 0. The van der Waals surface area contributed by atoms with Gasteiger partial charge in [-0.05, 0) is 40.7 Å². The maximum Gasteiger partial charge on any atom is 0.409 e. The number of hydrogen-bond donors (Lipinski definition) is 0. The molecule has 30 heavy (non-hydrogen) atoms. The molecule has 1 aliphatic rings. The molecule has 0 unspecified atom stereocenters. The van der Waals surface area contributed by atoms with E-state index in [0.717, 1.165) is 11.4 Å². The van der Waals surface area contributed by atoms with Crippen molar-refractivity contribution in [2.45, 2.75) is 41.2 Å². The molecule has 0 aromatic carbocycles. The van der Waals surface area contributed by atoms with Crippen molar-refractivity contribution in [3.05, 3.63) is 39.1 Å². The Balaban J connectivity index is 1.84. The number of ether oxygens (including phenoxy) is 1. The number of rotatable bonds is 4. The molecule has 0 radical (unpaired) electrons. The van der Waals surface area contributed by atoms with Crippen molar-refractivity contribution in [3.8, 4) is 5.95 Å². The predicted molar refractivity (Wildman–Crippen MR) is 110 cm³/mol. The first-order valence-corrected chi connectivity index (χ1v) is 10.0. The lowest BCUT2D eigenvalue weighted by molar-refractivity contribution is -0.133. The molecule has 0 atom stereocenters. The van der Waals surface area contributed by atoms with Crippen LogP contribution in [0.25, 0.3) is 5.95 Å². The summed E-state index contributed by atoms with van der Waals surface area (Å²) in [5.74, 6) is 0.126. The van der Waals surface area contributed by atoms with Gasteiger partial charge in [0.25, 0.3) is 5.56 Å². The average Bonchev–Trinajstić information content (AvgIpc) is 3.06. The number of hydrogen-bond acceptors (Lipinski definition) is 6. The third-order valence-electron chi connectivity index (χ3n) is 5.27. The van der Waals surface area contributed by atoms with E-state index in [0.29, 0.717) is 50.0 Å². The maximum absolute atomic E-state index is 13.0. The fourth-order valence-electron chi connectivity index (χ4n) is 3.47. The van der Waals surface area contributed by atoms with Crippen molar-refractivity contribution in [2.75, 3.05) is 32.8 Å². The van der Waals surface area contributed by atoms with Crippen LogP contribution in [-0.4, -0.2) is 73.9 Å². The first kappa shape index (κ1) is 21.5. The lowest BCUT2D eigenvalue weighted by atomic mass is 10.2. The summed E-state index contributed by atoms with van der Waals surface area (Å²) in [6.45, 7) is 10.7. The van der Waals surface area contributed by atoms with Gasteiger partial charge in [-0.15, -0.1) is 0 Å². The van der Waals surface area contributed by atoms with Gasteiger partial charge in [0.2, 0.25) is 11.9 Å². The van der Waals surface area contributed by atoms with Crippen LogP contribution in [0.3, 0.4) is 0 Å². The number of piperazine rings is 1. The Morgan fingerprint density at radius 1 is 1.07 bits per heavy atom. The summed E-state index contributed by atoms with van der Waals surface area (Å²) in [5, 5.41) is 4.43. The van der Waals surface area contributed by atoms with Crippen LogP contribution in [0, 0.1) is 27.7 Å². The van der Waals surface area contributed by atoms with Gasteiger partial charge in [-0.1, -0.05) is 0 Å². The number of carbonyl (C=O) groups is 2. The van der Waals surface area contributed by atoms with Gasteiger partial charge in [0, 0.05) is 43.1 Å². The number of aromatic nitrogens is 4. The van der Waals surface area contributed by atoms with Crippen LogP contribution in [0.2, 0.25) is 0 Å². The van der Waals surface area contributed by atoms with Gasteiger partial charge in [0.05, 0.1) is 12.3 Å². The Morgan fingerprint density at radius 3 is 2.27 bits per heavy atom. The summed E-state index contributed by atoms with van der Waals surface area (Å²) in [5.41, 5.74) is 2.47. The highest BCUT2D eigenvalue weighted by molar-refractivity contribution is 5.77. The molecule has 1 aliphatic heterocycles. The van der Waals surface area contributed by atoms with E-state index in [1.54, 1.807) is 35.3 Å². The van der Waals surface area contributed by atoms with Gasteiger partial charge in [0.15, 0.2) is 0 Å². The topological polar surface area (TPSA) is 103 Å². The first-order chi connectivity index (χ1) is 14.2. The molecule has 162 valence electrons. The van der Waals surface area contributed by atoms with Crippen molar-refractivity contribution in [1.29, 1.82) is 0 Å². The quantitative estimate of drug-likeness (QED) is 0.736. The van der Waals surface area contributed by atoms with Gasteiger partial charge >= 0.3 is 6.09 Å². The lowest BCUT2D eigenvalue weighted by Crippen LogP contribution is -2.52. The van der Waals surface area contributed by atoms with Gasteiger partial charge in [-0.2, -0.15) is 5.10 Å². The zero-order valence-corrected chi connectivity index (χ0v) is 18.1. The minimum Gasteiger partial charge on any atom is -0.450 e. The van der Waals surface area contributed by atoms with Crippen LogP contribution in [0.1, 0.15) is 29.6 Å². The smallest absolute Gasteiger partial charge is 0.409 e. The third-order valence-corrected chi connectivity index (χ3v) is 5.27. The fourth-order valence-corrected chi connectivity index (χ4v) is 3.47. The van der Waals surface area contributed by atoms with Crippen molar-refractivity contribution < 1.29 is 14.3 Å². The second-order valence-corrected chi connectivity index (χ2v) is 7.42. The summed E-state index contributed by atoms with van der Waals surface area (Å²) in [6, 6.07) is 1.89. The van der Waals surface area contributed by atoms with Crippen molar-refractivity contribution >= 4 is 12.0 Å². The molecule has 0 spiro atoms. The van der Waals surface area contributed by atoms with Crippen LogP contribution in [0.15, 0.2) is 10.9 Å². The van der Waals surface area contributed by atoms with Crippen LogP contribution in [-0.2, 0) is 16.1 Å². The number of nitrogens with zero attached hydrogens (tertiary/aromatic N) is 6. The van der Waals surface area contributed by atoms with E-state index in [1.807, 2.05) is 19.9 Å².